The molecule has 9 heteroatoms. The number of aliphatic hydroxyl groups is 1. The maximum Gasteiger partial charge on any atom is 0.408 e. The molecule has 0 aliphatic rings. The molecule has 0 saturated heterocycles. The van der Waals surface area contributed by atoms with Crippen molar-refractivity contribution in [2.45, 2.75) is 72.2 Å². The maximum atomic E-state index is 13.8. The van der Waals surface area contributed by atoms with Crippen molar-refractivity contribution in [2.75, 3.05) is 19.0 Å². The zero-order valence-corrected chi connectivity index (χ0v) is 22.9. The van der Waals surface area contributed by atoms with E-state index in [0.29, 0.717) is 17.0 Å². The van der Waals surface area contributed by atoms with Crippen molar-refractivity contribution >= 4 is 23.6 Å². The molecule has 0 bridgehead atoms. The quantitative estimate of drug-likeness (QED) is 0.465. The first-order valence-corrected chi connectivity index (χ1v) is 12.2. The van der Waals surface area contributed by atoms with Crippen molar-refractivity contribution in [3.63, 3.8) is 0 Å². The number of nitrogens with one attached hydrogen (secondary N) is 2. The molecule has 0 spiro atoms. The Bertz CT molecular complexity index is 1090. The zero-order chi connectivity index (χ0) is 27.9. The highest BCUT2D eigenvalue weighted by Gasteiger charge is 2.38. The van der Waals surface area contributed by atoms with E-state index in [1.165, 1.54) is 4.90 Å². The third-order valence-electron chi connectivity index (χ3n) is 5.60. The van der Waals surface area contributed by atoms with E-state index in [9.17, 15) is 19.5 Å². The normalized spacial score (nSPS) is 12.9. The molecule has 202 valence electrons. The number of aliphatic hydroxyl groups excluding tert-OH is 1. The first-order valence-electron chi connectivity index (χ1n) is 12.2. The van der Waals surface area contributed by atoms with Gasteiger partial charge in [-0.2, -0.15) is 0 Å². The summed E-state index contributed by atoms with van der Waals surface area (Å²) >= 11 is 0. The Balaban J connectivity index is 2.50. The molecule has 0 aromatic heterocycles. The molecule has 2 atom stereocenters. The maximum absolute atomic E-state index is 13.8. The third-order valence-corrected chi connectivity index (χ3v) is 5.60. The minimum absolute atomic E-state index is 0.435. The predicted octanol–water partition coefficient (Wildman–Crippen LogP) is 4.11. The first kappa shape index (κ1) is 29.6. The number of ether oxygens (including phenoxy) is 2. The van der Waals surface area contributed by atoms with Gasteiger partial charge in [0.25, 0.3) is 5.91 Å². The van der Waals surface area contributed by atoms with E-state index in [0.717, 1.165) is 11.1 Å². The third kappa shape index (κ3) is 8.21. The van der Waals surface area contributed by atoms with Crippen LogP contribution >= 0.6 is 0 Å². The summed E-state index contributed by atoms with van der Waals surface area (Å²) in [6, 6.07) is 9.75. The summed E-state index contributed by atoms with van der Waals surface area (Å²) in [7, 11) is 1.55. The van der Waals surface area contributed by atoms with Crippen LogP contribution in [-0.4, -0.2) is 59.3 Å². The molecule has 2 unspecified atom stereocenters. The molecule has 0 aliphatic heterocycles. The number of hydrogen-bond acceptors (Lipinski definition) is 6. The van der Waals surface area contributed by atoms with E-state index < -0.39 is 48.2 Å². The van der Waals surface area contributed by atoms with E-state index >= 15 is 0 Å². The van der Waals surface area contributed by atoms with E-state index in [-0.39, 0.29) is 0 Å². The summed E-state index contributed by atoms with van der Waals surface area (Å²) in [6.07, 6.45) is -0.838. The molecule has 2 aromatic rings. The van der Waals surface area contributed by atoms with Crippen LogP contribution in [0.15, 0.2) is 42.5 Å². The Morgan fingerprint density at radius 1 is 1.03 bits per heavy atom. The molecule has 2 aromatic carbocycles. The van der Waals surface area contributed by atoms with Crippen molar-refractivity contribution in [2.24, 2.45) is 0 Å². The van der Waals surface area contributed by atoms with Gasteiger partial charge in [0.1, 0.15) is 23.4 Å². The fourth-order valence-electron chi connectivity index (χ4n) is 3.85. The Morgan fingerprint density at radius 2 is 1.65 bits per heavy atom. The summed E-state index contributed by atoms with van der Waals surface area (Å²) in [5.74, 6) is -0.406. The van der Waals surface area contributed by atoms with Gasteiger partial charge in [-0.05, 0) is 83.9 Å². The van der Waals surface area contributed by atoms with Gasteiger partial charge in [0.15, 0.2) is 0 Å². The van der Waals surface area contributed by atoms with Gasteiger partial charge in [-0.1, -0.05) is 23.8 Å². The van der Waals surface area contributed by atoms with Gasteiger partial charge in [0.05, 0.1) is 13.7 Å². The lowest BCUT2D eigenvalue weighted by atomic mass is 9.95. The van der Waals surface area contributed by atoms with Crippen LogP contribution in [0.4, 0.5) is 10.5 Å². The molecule has 2 rings (SSSR count). The van der Waals surface area contributed by atoms with Gasteiger partial charge in [-0.15, -0.1) is 0 Å². The van der Waals surface area contributed by atoms with Crippen LogP contribution in [-0.2, 0) is 14.3 Å². The van der Waals surface area contributed by atoms with Gasteiger partial charge >= 0.3 is 6.09 Å². The highest BCUT2D eigenvalue weighted by Crippen LogP contribution is 2.30. The molecule has 0 fully saturated rings. The fourth-order valence-corrected chi connectivity index (χ4v) is 3.85. The van der Waals surface area contributed by atoms with Crippen molar-refractivity contribution < 1.29 is 29.0 Å². The predicted molar refractivity (Wildman–Crippen MR) is 143 cm³/mol. The standard InChI is InChI=1S/C28H39N3O6/c1-17(2)31(26(34)23(16-32)30-27(35)37-28(5,6)7)24(22-15-18(3)9-10-19(22)4)25(33)29-20-11-13-21(36-8)14-12-20/h9-15,17,23-24,32H,16H2,1-8H3,(H,29,33)(H,30,35). The van der Waals surface area contributed by atoms with Gasteiger partial charge in [-0.3, -0.25) is 9.59 Å². The van der Waals surface area contributed by atoms with E-state index in [1.807, 2.05) is 32.0 Å². The molecular weight excluding hydrogens is 474 g/mol. The molecule has 0 aliphatic carbocycles. The van der Waals surface area contributed by atoms with Crippen LogP contribution in [0.25, 0.3) is 0 Å². The zero-order valence-electron chi connectivity index (χ0n) is 22.9. The van der Waals surface area contributed by atoms with Crippen LogP contribution in [0.5, 0.6) is 5.75 Å². The van der Waals surface area contributed by atoms with E-state index in [4.69, 9.17) is 9.47 Å². The smallest absolute Gasteiger partial charge is 0.408 e. The Hall–Kier alpha value is -3.59. The van der Waals surface area contributed by atoms with Gasteiger partial charge in [0, 0.05) is 11.7 Å². The largest absolute Gasteiger partial charge is 0.497 e. The monoisotopic (exact) mass is 513 g/mol. The van der Waals surface area contributed by atoms with Crippen molar-refractivity contribution in [3.8, 4) is 5.75 Å². The Labute approximate surface area is 219 Å². The second-order valence-corrected chi connectivity index (χ2v) is 10.2. The molecule has 3 amide bonds. The van der Waals surface area contributed by atoms with E-state index in [2.05, 4.69) is 10.6 Å². The molecule has 3 N–H and O–H groups in total. The summed E-state index contributed by atoms with van der Waals surface area (Å²) in [5.41, 5.74) is 2.12. The number of anilines is 1. The lowest BCUT2D eigenvalue weighted by Crippen LogP contribution is -2.55. The van der Waals surface area contributed by atoms with Gasteiger partial charge in [0.2, 0.25) is 5.91 Å². The summed E-state index contributed by atoms with van der Waals surface area (Å²) < 4.78 is 10.5. The summed E-state index contributed by atoms with van der Waals surface area (Å²) in [6.45, 7) is 11.8. The SMILES string of the molecule is COc1ccc(NC(=O)C(c2cc(C)ccc2C)N(C(=O)C(CO)NC(=O)OC(C)(C)C)C(C)C)cc1. The van der Waals surface area contributed by atoms with Crippen LogP contribution in [0.2, 0.25) is 0 Å². The number of methoxy groups -OCH3 is 1. The Morgan fingerprint density at radius 3 is 2.16 bits per heavy atom. The minimum Gasteiger partial charge on any atom is -0.497 e. The topological polar surface area (TPSA) is 117 Å². The number of alkyl carbamates (subject to hydrolysis) is 1. The van der Waals surface area contributed by atoms with Crippen LogP contribution in [0.3, 0.4) is 0 Å². The molecule has 0 radical (unpaired) electrons. The molecule has 37 heavy (non-hydrogen) atoms. The highest BCUT2D eigenvalue weighted by atomic mass is 16.6. The highest BCUT2D eigenvalue weighted by molar-refractivity contribution is 5.99. The van der Waals surface area contributed by atoms with Crippen LogP contribution in [0, 0.1) is 13.8 Å². The number of nitrogens with zero attached hydrogens (tertiary/aromatic N) is 1. The number of benzene rings is 2. The number of carbonyl (C=O) groups is 3. The van der Waals surface area contributed by atoms with Crippen molar-refractivity contribution in [1.82, 2.24) is 10.2 Å². The Kier molecular flexibility index (Phi) is 10.1. The second kappa shape index (κ2) is 12.6. The van der Waals surface area contributed by atoms with Gasteiger partial charge in [-0.25, -0.2) is 4.79 Å². The van der Waals surface area contributed by atoms with E-state index in [1.54, 1.807) is 66.0 Å². The number of amides is 3. The fraction of sp³-hybridized carbons (Fsp3) is 0.464. The number of aryl methyl sites for hydroxylation is 2. The van der Waals surface area contributed by atoms with Crippen molar-refractivity contribution in [1.29, 1.82) is 0 Å². The van der Waals surface area contributed by atoms with Gasteiger partial charge < -0.3 is 30.1 Å². The molecule has 0 heterocycles. The average molecular weight is 514 g/mol. The van der Waals surface area contributed by atoms with Crippen LogP contribution in [0.1, 0.15) is 57.4 Å². The van der Waals surface area contributed by atoms with Crippen LogP contribution < -0.4 is 15.4 Å². The molecular formula is C28H39N3O6. The lowest BCUT2D eigenvalue weighted by molar-refractivity contribution is -0.143. The first-order chi connectivity index (χ1) is 17.3. The minimum atomic E-state index is -1.31. The number of carbonyl (C=O) groups excluding carboxylic acids is 3. The number of hydrogen-bond donors (Lipinski definition) is 3. The lowest BCUT2D eigenvalue weighted by Gasteiger charge is -2.37. The molecule has 0 saturated carbocycles. The summed E-state index contributed by atoms with van der Waals surface area (Å²) in [5, 5.41) is 15.4. The number of rotatable bonds is 9. The summed E-state index contributed by atoms with van der Waals surface area (Å²) in [4.78, 5) is 41.3. The van der Waals surface area contributed by atoms with Crippen molar-refractivity contribution in [3.05, 3.63) is 59.2 Å². The molecule has 9 nitrogen and oxygen atoms in total. The average Bonchev–Trinajstić information content (AvgIpc) is 2.81. The second-order valence-electron chi connectivity index (χ2n) is 10.2.